The third-order valence-corrected chi connectivity index (χ3v) is 4.03. The minimum absolute atomic E-state index is 0.532. The van der Waals surface area contributed by atoms with Gasteiger partial charge in [-0.1, -0.05) is 40.2 Å². The van der Waals surface area contributed by atoms with Crippen molar-refractivity contribution in [3.05, 3.63) is 70.2 Å². The maximum atomic E-state index is 5.75. The lowest BCUT2D eigenvalue weighted by molar-refractivity contribution is 0.948. The lowest BCUT2D eigenvalue weighted by Gasteiger charge is -2.05. The Morgan fingerprint density at radius 1 is 1.11 bits per heavy atom. The summed E-state index contributed by atoms with van der Waals surface area (Å²) in [5, 5.41) is 0. The first-order valence-corrected chi connectivity index (χ1v) is 6.96. The van der Waals surface area contributed by atoms with E-state index in [1.165, 1.54) is 5.56 Å². The number of halogens is 1. The van der Waals surface area contributed by atoms with Crippen molar-refractivity contribution in [3.63, 3.8) is 0 Å². The van der Waals surface area contributed by atoms with Crippen LogP contribution < -0.4 is 5.73 Å². The standard InChI is InChI=1S/C15H14BrN3/c16-13-6-2-1-4-11(13)8-15-18-10-14-12(9-17)5-3-7-19(14)15/h1-7,10H,8-9,17H2. The van der Waals surface area contributed by atoms with Crippen molar-refractivity contribution >= 4 is 21.4 Å². The molecule has 2 heterocycles. The molecule has 0 saturated carbocycles. The zero-order valence-electron chi connectivity index (χ0n) is 10.4. The number of imidazole rings is 1. The van der Waals surface area contributed by atoms with Crippen LogP contribution in [0.15, 0.2) is 53.3 Å². The molecule has 0 unspecified atom stereocenters. The lowest BCUT2D eigenvalue weighted by Crippen LogP contribution is -2.01. The average Bonchev–Trinajstić information content (AvgIpc) is 2.84. The van der Waals surface area contributed by atoms with Gasteiger partial charge in [0.05, 0.1) is 11.7 Å². The Hall–Kier alpha value is -1.65. The molecule has 3 nitrogen and oxygen atoms in total. The number of fused-ring (bicyclic) bond motifs is 1. The van der Waals surface area contributed by atoms with E-state index in [1.807, 2.05) is 36.7 Å². The van der Waals surface area contributed by atoms with E-state index in [1.54, 1.807) is 0 Å². The molecule has 3 rings (SSSR count). The van der Waals surface area contributed by atoms with E-state index >= 15 is 0 Å². The molecule has 0 fully saturated rings. The molecule has 3 aromatic rings. The Kier molecular flexibility index (Phi) is 3.36. The van der Waals surface area contributed by atoms with Crippen LogP contribution in [0.25, 0.3) is 5.52 Å². The Balaban J connectivity index is 2.05. The number of pyridine rings is 1. The van der Waals surface area contributed by atoms with Gasteiger partial charge in [0, 0.05) is 23.6 Å². The molecule has 19 heavy (non-hydrogen) atoms. The third-order valence-electron chi connectivity index (χ3n) is 3.26. The Bertz CT molecular complexity index is 718. The Labute approximate surface area is 120 Å². The molecule has 2 N–H and O–H groups in total. The second-order valence-electron chi connectivity index (χ2n) is 4.44. The van der Waals surface area contributed by atoms with Gasteiger partial charge in [-0.3, -0.25) is 0 Å². The van der Waals surface area contributed by atoms with E-state index in [9.17, 15) is 0 Å². The summed E-state index contributed by atoms with van der Waals surface area (Å²) in [7, 11) is 0. The van der Waals surface area contributed by atoms with Crippen molar-refractivity contribution in [3.8, 4) is 0 Å². The quantitative estimate of drug-likeness (QED) is 0.807. The second-order valence-corrected chi connectivity index (χ2v) is 5.29. The number of aromatic nitrogens is 2. The van der Waals surface area contributed by atoms with Gasteiger partial charge in [-0.15, -0.1) is 0 Å². The van der Waals surface area contributed by atoms with Crippen LogP contribution in [0.1, 0.15) is 17.0 Å². The average molecular weight is 316 g/mol. The SMILES string of the molecule is NCc1cccn2c(Cc3ccccc3Br)ncc12. The molecule has 0 aliphatic rings. The van der Waals surface area contributed by atoms with Gasteiger partial charge in [0.1, 0.15) is 5.82 Å². The second kappa shape index (κ2) is 5.15. The zero-order chi connectivity index (χ0) is 13.2. The van der Waals surface area contributed by atoms with Crippen molar-refractivity contribution in [1.82, 2.24) is 9.38 Å². The van der Waals surface area contributed by atoms with Crippen LogP contribution in [0.4, 0.5) is 0 Å². The van der Waals surface area contributed by atoms with Gasteiger partial charge in [0.25, 0.3) is 0 Å². The van der Waals surface area contributed by atoms with Crippen molar-refractivity contribution in [2.75, 3.05) is 0 Å². The predicted molar refractivity (Wildman–Crippen MR) is 80.0 cm³/mol. The van der Waals surface area contributed by atoms with Crippen LogP contribution in [-0.4, -0.2) is 9.38 Å². The molecule has 0 saturated heterocycles. The monoisotopic (exact) mass is 315 g/mol. The van der Waals surface area contributed by atoms with Gasteiger partial charge in [-0.25, -0.2) is 4.98 Å². The third kappa shape index (κ3) is 2.29. The molecule has 0 aliphatic carbocycles. The minimum Gasteiger partial charge on any atom is -0.326 e. The predicted octanol–water partition coefficient (Wildman–Crippen LogP) is 3.15. The summed E-state index contributed by atoms with van der Waals surface area (Å²) in [6.07, 6.45) is 4.73. The van der Waals surface area contributed by atoms with Crippen molar-refractivity contribution in [2.24, 2.45) is 5.73 Å². The Morgan fingerprint density at radius 2 is 1.89 bits per heavy atom. The number of nitrogens with two attached hydrogens (primary N) is 1. The topological polar surface area (TPSA) is 43.3 Å². The number of nitrogens with zero attached hydrogens (tertiary/aromatic N) is 2. The maximum Gasteiger partial charge on any atom is 0.117 e. The molecule has 2 aromatic heterocycles. The summed E-state index contributed by atoms with van der Waals surface area (Å²) in [5.41, 5.74) is 9.19. The molecule has 0 radical (unpaired) electrons. The summed E-state index contributed by atoms with van der Waals surface area (Å²) in [5.74, 6) is 1.03. The van der Waals surface area contributed by atoms with Gasteiger partial charge in [-0.05, 0) is 23.3 Å². The van der Waals surface area contributed by atoms with E-state index in [-0.39, 0.29) is 0 Å². The van der Waals surface area contributed by atoms with Crippen LogP contribution in [0.5, 0.6) is 0 Å². The lowest BCUT2D eigenvalue weighted by atomic mass is 10.1. The van der Waals surface area contributed by atoms with Gasteiger partial charge in [-0.2, -0.15) is 0 Å². The highest BCUT2D eigenvalue weighted by molar-refractivity contribution is 9.10. The van der Waals surface area contributed by atoms with E-state index in [4.69, 9.17) is 5.73 Å². The Morgan fingerprint density at radius 3 is 2.68 bits per heavy atom. The van der Waals surface area contributed by atoms with E-state index < -0.39 is 0 Å². The fourth-order valence-electron chi connectivity index (χ4n) is 2.25. The molecular formula is C15H14BrN3. The molecule has 0 bridgehead atoms. The zero-order valence-corrected chi connectivity index (χ0v) is 12.0. The summed E-state index contributed by atoms with van der Waals surface area (Å²) in [6, 6.07) is 12.3. The molecule has 0 amide bonds. The summed E-state index contributed by atoms with van der Waals surface area (Å²) < 4.78 is 3.23. The van der Waals surface area contributed by atoms with Crippen LogP contribution in [0, 0.1) is 0 Å². The van der Waals surface area contributed by atoms with Gasteiger partial charge < -0.3 is 10.1 Å². The molecule has 1 aromatic carbocycles. The number of hydrogen-bond acceptors (Lipinski definition) is 2. The maximum absolute atomic E-state index is 5.75. The highest BCUT2D eigenvalue weighted by atomic mass is 79.9. The first-order chi connectivity index (χ1) is 9.29. The highest BCUT2D eigenvalue weighted by Gasteiger charge is 2.08. The number of hydrogen-bond donors (Lipinski definition) is 1. The van der Waals surface area contributed by atoms with Crippen molar-refractivity contribution < 1.29 is 0 Å². The normalized spacial score (nSPS) is 11.1. The molecule has 0 aliphatic heterocycles. The summed E-state index contributed by atoms with van der Waals surface area (Å²) >= 11 is 3.58. The molecular weight excluding hydrogens is 302 g/mol. The molecule has 4 heteroatoms. The van der Waals surface area contributed by atoms with Gasteiger partial charge in [0.15, 0.2) is 0 Å². The van der Waals surface area contributed by atoms with Crippen LogP contribution in [-0.2, 0) is 13.0 Å². The fraction of sp³-hybridized carbons (Fsp3) is 0.133. The van der Waals surface area contributed by atoms with Crippen LogP contribution in [0.3, 0.4) is 0 Å². The van der Waals surface area contributed by atoms with E-state index in [0.717, 1.165) is 27.8 Å². The van der Waals surface area contributed by atoms with Crippen molar-refractivity contribution in [1.29, 1.82) is 0 Å². The smallest absolute Gasteiger partial charge is 0.117 e. The molecule has 96 valence electrons. The van der Waals surface area contributed by atoms with E-state index in [0.29, 0.717) is 6.54 Å². The number of rotatable bonds is 3. The van der Waals surface area contributed by atoms with E-state index in [2.05, 4.69) is 37.4 Å². The number of benzene rings is 1. The van der Waals surface area contributed by atoms with Gasteiger partial charge >= 0.3 is 0 Å². The van der Waals surface area contributed by atoms with Crippen molar-refractivity contribution in [2.45, 2.75) is 13.0 Å². The summed E-state index contributed by atoms with van der Waals surface area (Å²) in [4.78, 5) is 4.53. The molecule has 0 spiro atoms. The molecule has 0 atom stereocenters. The van der Waals surface area contributed by atoms with Gasteiger partial charge in [0.2, 0.25) is 0 Å². The fourth-order valence-corrected chi connectivity index (χ4v) is 2.67. The van der Waals surface area contributed by atoms with Crippen LogP contribution in [0.2, 0.25) is 0 Å². The summed E-state index contributed by atoms with van der Waals surface area (Å²) in [6.45, 7) is 0.532. The highest BCUT2D eigenvalue weighted by Crippen LogP contribution is 2.20. The minimum atomic E-state index is 0.532. The first kappa shape index (κ1) is 12.4. The first-order valence-electron chi connectivity index (χ1n) is 6.17. The largest absolute Gasteiger partial charge is 0.326 e. The van der Waals surface area contributed by atoms with Crippen LogP contribution >= 0.6 is 15.9 Å².